The number of hydrogen-bond donors (Lipinski definition) is 1. The van der Waals surface area contributed by atoms with Gasteiger partial charge in [-0.3, -0.25) is 0 Å². The number of likely N-dealkylation sites (N-methyl/N-ethyl adjacent to an activating group) is 1. The minimum atomic E-state index is 0.323. The Kier molecular flexibility index (Phi) is 5.74. The smallest absolute Gasteiger partial charge is 0.120 e. The van der Waals surface area contributed by atoms with Gasteiger partial charge in [0, 0.05) is 5.02 Å². The monoisotopic (exact) mass is 279 g/mol. The lowest BCUT2D eigenvalue weighted by Gasteiger charge is -2.24. The molecule has 0 saturated heterocycles. The van der Waals surface area contributed by atoms with Crippen LogP contribution in [0.15, 0.2) is 35.9 Å². The molecule has 1 aliphatic carbocycles. The van der Waals surface area contributed by atoms with Crippen molar-refractivity contribution < 1.29 is 4.74 Å². The predicted octanol–water partition coefficient (Wildman–Crippen LogP) is 4.20. The maximum absolute atomic E-state index is 5.96. The Morgan fingerprint density at radius 2 is 2.26 bits per heavy atom. The highest BCUT2D eigenvalue weighted by Crippen LogP contribution is 2.22. The standard InChI is InChI=1S/C16H22ClNO/c1-2-18-16(13-7-4-3-5-8-13)12-19-15-10-6-9-14(17)11-15/h6-7,9-11,16,18H,2-5,8,12H2,1H3. The summed E-state index contributed by atoms with van der Waals surface area (Å²) < 4.78 is 5.87. The number of hydrogen-bond acceptors (Lipinski definition) is 2. The lowest BCUT2D eigenvalue weighted by Crippen LogP contribution is -2.36. The van der Waals surface area contributed by atoms with Crippen LogP contribution >= 0.6 is 11.6 Å². The largest absolute Gasteiger partial charge is 0.492 e. The van der Waals surface area contributed by atoms with Gasteiger partial charge in [0.15, 0.2) is 0 Å². The second-order valence-corrected chi connectivity index (χ2v) is 5.34. The minimum absolute atomic E-state index is 0.323. The first kappa shape index (κ1) is 14.4. The van der Waals surface area contributed by atoms with Crippen molar-refractivity contribution >= 4 is 11.6 Å². The van der Waals surface area contributed by atoms with E-state index in [1.54, 1.807) is 0 Å². The van der Waals surface area contributed by atoms with Crippen LogP contribution in [0, 0.1) is 0 Å². The van der Waals surface area contributed by atoms with Crippen LogP contribution < -0.4 is 10.1 Å². The molecule has 3 heteroatoms. The van der Waals surface area contributed by atoms with Crippen LogP contribution in [0.4, 0.5) is 0 Å². The number of rotatable bonds is 6. The van der Waals surface area contributed by atoms with Gasteiger partial charge in [0.1, 0.15) is 12.4 Å². The number of ether oxygens (including phenoxy) is 1. The van der Waals surface area contributed by atoms with Gasteiger partial charge in [-0.25, -0.2) is 0 Å². The molecule has 0 saturated carbocycles. The molecule has 0 aromatic heterocycles. The number of nitrogens with one attached hydrogen (secondary N) is 1. The van der Waals surface area contributed by atoms with E-state index in [1.807, 2.05) is 24.3 Å². The molecule has 0 spiro atoms. The molecule has 0 bridgehead atoms. The Bertz CT molecular complexity index is 431. The Morgan fingerprint density at radius 1 is 1.37 bits per heavy atom. The minimum Gasteiger partial charge on any atom is -0.492 e. The normalized spacial score (nSPS) is 16.8. The van der Waals surface area contributed by atoms with Crippen molar-refractivity contribution in [3.63, 3.8) is 0 Å². The molecule has 2 nitrogen and oxygen atoms in total. The molecular formula is C16H22ClNO. The summed E-state index contributed by atoms with van der Waals surface area (Å²) in [7, 11) is 0. The van der Waals surface area contributed by atoms with Crippen LogP contribution in [-0.4, -0.2) is 19.2 Å². The molecular weight excluding hydrogens is 258 g/mol. The number of allylic oxidation sites excluding steroid dienone is 1. The van der Waals surface area contributed by atoms with Crippen LogP contribution in [-0.2, 0) is 0 Å². The average molecular weight is 280 g/mol. The first-order valence-corrected chi connectivity index (χ1v) is 7.48. The highest BCUT2D eigenvalue weighted by Gasteiger charge is 2.16. The third-order valence-electron chi connectivity index (χ3n) is 3.44. The Balaban J connectivity index is 1.95. The van der Waals surface area contributed by atoms with Crippen molar-refractivity contribution in [1.82, 2.24) is 5.32 Å². The molecule has 2 rings (SSSR count). The van der Waals surface area contributed by atoms with Crippen molar-refractivity contribution in [1.29, 1.82) is 0 Å². The van der Waals surface area contributed by atoms with Gasteiger partial charge in [0.2, 0.25) is 0 Å². The fourth-order valence-corrected chi connectivity index (χ4v) is 2.64. The third-order valence-corrected chi connectivity index (χ3v) is 3.67. The van der Waals surface area contributed by atoms with Crippen LogP contribution in [0.25, 0.3) is 0 Å². The Labute approximate surface area is 120 Å². The molecule has 0 fully saturated rings. The van der Waals surface area contributed by atoms with E-state index in [1.165, 1.54) is 31.3 Å². The van der Waals surface area contributed by atoms with Gasteiger partial charge >= 0.3 is 0 Å². The SMILES string of the molecule is CCNC(COc1cccc(Cl)c1)C1=CCCCC1. The third kappa shape index (κ3) is 4.55. The molecule has 0 aliphatic heterocycles. The summed E-state index contributed by atoms with van der Waals surface area (Å²) in [6.07, 6.45) is 7.38. The summed E-state index contributed by atoms with van der Waals surface area (Å²) in [5.41, 5.74) is 1.50. The topological polar surface area (TPSA) is 21.3 Å². The molecule has 1 unspecified atom stereocenters. The Morgan fingerprint density at radius 3 is 2.95 bits per heavy atom. The van der Waals surface area contributed by atoms with Gasteiger partial charge in [-0.1, -0.05) is 36.2 Å². The van der Waals surface area contributed by atoms with E-state index in [0.717, 1.165) is 17.3 Å². The molecule has 104 valence electrons. The summed E-state index contributed by atoms with van der Waals surface area (Å²) in [5, 5.41) is 4.23. The van der Waals surface area contributed by atoms with Crippen LogP contribution in [0.5, 0.6) is 5.75 Å². The summed E-state index contributed by atoms with van der Waals surface area (Å²) in [4.78, 5) is 0. The molecule has 1 aliphatic rings. The first-order chi connectivity index (χ1) is 9.29. The molecule has 19 heavy (non-hydrogen) atoms. The molecule has 1 aromatic rings. The Hall–Kier alpha value is -0.990. The quantitative estimate of drug-likeness (QED) is 0.788. The highest BCUT2D eigenvalue weighted by atomic mass is 35.5. The average Bonchev–Trinajstić information content (AvgIpc) is 2.44. The maximum Gasteiger partial charge on any atom is 0.120 e. The molecule has 0 heterocycles. The van der Waals surface area contributed by atoms with E-state index < -0.39 is 0 Å². The van der Waals surface area contributed by atoms with Gasteiger partial charge in [0.05, 0.1) is 6.04 Å². The van der Waals surface area contributed by atoms with Gasteiger partial charge < -0.3 is 10.1 Å². The number of halogens is 1. The molecule has 0 radical (unpaired) electrons. The van der Waals surface area contributed by atoms with E-state index in [4.69, 9.17) is 16.3 Å². The molecule has 1 aromatic carbocycles. The van der Waals surface area contributed by atoms with Crippen LogP contribution in [0.3, 0.4) is 0 Å². The van der Waals surface area contributed by atoms with E-state index >= 15 is 0 Å². The fourth-order valence-electron chi connectivity index (χ4n) is 2.46. The second kappa shape index (κ2) is 7.56. The van der Waals surface area contributed by atoms with E-state index in [9.17, 15) is 0 Å². The van der Waals surface area contributed by atoms with E-state index in [2.05, 4.69) is 18.3 Å². The zero-order chi connectivity index (χ0) is 13.5. The van der Waals surface area contributed by atoms with Gasteiger partial charge in [-0.15, -0.1) is 0 Å². The summed E-state index contributed by atoms with van der Waals surface area (Å²) in [5.74, 6) is 0.840. The molecule has 0 amide bonds. The zero-order valence-electron chi connectivity index (χ0n) is 11.5. The number of benzene rings is 1. The summed E-state index contributed by atoms with van der Waals surface area (Å²) in [6, 6.07) is 7.91. The van der Waals surface area contributed by atoms with Gasteiger partial charge in [0.25, 0.3) is 0 Å². The lowest BCUT2D eigenvalue weighted by molar-refractivity contribution is 0.278. The zero-order valence-corrected chi connectivity index (χ0v) is 12.2. The van der Waals surface area contributed by atoms with Crippen molar-refractivity contribution in [3.8, 4) is 5.75 Å². The summed E-state index contributed by atoms with van der Waals surface area (Å²) >= 11 is 5.96. The van der Waals surface area contributed by atoms with Crippen molar-refractivity contribution in [2.45, 2.75) is 38.6 Å². The fraction of sp³-hybridized carbons (Fsp3) is 0.500. The van der Waals surface area contributed by atoms with E-state index in [-0.39, 0.29) is 0 Å². The molecule has 1 N–H and O–H groups in total. The van der Waals surface area contributed by atoms with Crippen molar-refractivity contribution in [3.05, 3.63) is 40.9 Å². The molecule has 1 atom stereocenters. The van der Waals surface area contributed by atoms with Crippen LogP contribution in [0.1, 0.15) is 32.6 Å². The van der Waals surface area contributed by atoms with Gasteiger partial charge in [-0.2, -0.15) is 0 Å². The van der Waals surface area contributed by atoms with E-state index in [0.29, 0.717) is 12.6 Å². The summed E-state index contributed by atoms with van der Waals surface area (Å²) in [6.45, 7) is 3.76. The maximum atomic E-state index is 5.96. The first-order valence-electron chi connectivity index (χ1n) is 7.10. The second-order valence-electron chi connectivity index (χ2n) is 4.90. The predicted molar refractivity (Wildman–Crippen MR) is 81.0 cm³/mol. The van der Waals surface area contributed by atoms with Gasteiger partial charge in [-0.05, 0) is 50.4 Å². The van der Waals surface area contributed by atoms with Crippen LogP contribution in [0.2, 0.25) is 5.02 Å². The lowest BCUT2D eigenvalue weighted by atomic mass is 9.94. The van der Waals surface area contributed by atoms with Crippen molar-refractivity contribution in [2.24, 2.45) is 0 Å². The van der Waals surface area contributed by atoms with Crippen molar-refractivity contribution in [2.75, 3.05) is 13.2 Å². The highest BCUT2D eigenvalue weighted by molar-refractivity contribution is 6.30.